The molecule has 0 atom stereocenters. The molecule has 0 radical (unpaired) electrons. The molecule has 0 spiro atoms. The average molecular weight is 459 g/mol. The number of imide groups is 2. The number of barbiturate groups is 1. The van der Waals surface area contributed by atoms with E-state index in [2.05, 4.69) is 21.2 Å². The Bertz CT molecular complexity index is 999. The van der Waals surface area contributed by atoms with Crippen molar-refractivity contribution in [3.63, 3.8) is 0 Å². The van der Waals surface area contributed by atoms with Gasteiger partial charge in [0, 0.05) is 16.1 Å². The van der Waals surface area contributed by atoms with Gasteiger partial charge in [0.25, 0.3) is 11.8 Å². The predicted molar refractivity (Wildman–Crippen MR) is 112 cm³/mol. The maximum absolute atomic E-state index is 13.0. The van der Waals surface area contributed by atoms with Crippen LogP contribution in [0, 0.1) is 0 Å². The lowest BCUT2D eigenvalue weighted by Crippen LogP contribution is -2.54. The number of carbonyl (C=O) groups is 3. The number of hydrogen-bond donors (Lipinski definition) is 1. The highest BCUT2D eigenvalue weighted by Gasteiger charge is 2.37. The number of carbonyl (C=O) groups excluding carboxylic acids is 3. The van der Waals surface area contributed by atoms with Gasteiger partial charge in [-0.1, -0.05) is 15.9 Å². The molecule has 3 rings (SSSR count). The first kappa shape index (κ1) is 20.6. The number of anilines is 1. The number of halogens is 1. The van der Waals surface area contributed by atoms with Crippen LogP contribution in [0.1, 0.15) is 19.4 Å². The Morgan fingerprint density at radius 3 is 2.38 bits per heavy atom. The molecular formula is C21H19BrN2O5. The molecule has 1 N–H and O–H groups in total. The second-order valence-electron chi connectivity index (χ2n) is 6.50. The topological polar surface area (TPSA) is 84.9 Å². The van der Waals surface area contributed by atoms with Gasteiger partial charge in [0.2, 0.25) is 0 Å². The fourth-order valence-electron chi connectivity index (χ4n) is 2.75. The second kappa shape index (κ2) is 8.48. The van der Waals surface area contributed by atoms with Crippen LogP contribution in [0.15, 0.2) is 52.5 Å². The van der Waals surface area contributed by atoms with Crippen molar-refractivity contribution >= 4 is 45.5 Å². The zero-order valence-electron chi connectivity index (χ0n) is 16.1. The second-order valence-corrected chi connectivity index (χ2v) is 7.42. The van der Waals surface area contributed by atoms with Gasteiger partial charge in [-0.25, -0.2) is 9.69 Å². The van der Waals surface area contributed by atoms with E-state index in [1.54, 1.807) is 42.5 Å². The Balaban J connectivity index is 2.03. The van der Waals surface area contributed by atoms with Crippen molar-refractivity contribution in [3.05, 3.63) is 58.1 Å². The number of ether oxygens (including phenoxy) is 2. The summed E-state index contributed by atoms with van der Waals surface area (Å²) in [7, 11) is 1.53. The van der Waals surface area contributed by atoms with Gasteiger partial charge in [-0.05, 0) is 56.3 Å². The Morgan fingerprint density at radius 1 is 1.07 bits per heavy atom. The molecule has 1 aliphatic heterocycles. The van der Waals surface area contributed by atoms with Crippen LogP contribution in [0.4, 0.5) is 10.5 Å². The minimum Gasteiger partial charge on any atom is -0.497 e. The Labute approximate surface area is 176 Å². The number of nitrogens with zero attached hydrogens (tertiary/aromatic N) is 1. The highest BCUT2D eigenvalue weighted by molar-refractivity contribution is 9.10. The predicted octanol–water partition coefficient (Wildman–Crippen LogP) is 3.91. The van der Waals surface area contributed by atoms with Crippen LogP contribution in [-0.4, -0.2) is 31.1 Å². The van der Waals surface area contributed by atoms with Gasteiger partial charge in [-0.3, -0.25) is 14.9 Å². The van der Waals surface area contributed by atoms with E-state index in [1.807, 2.05) is 13.8 Å². The molecule has 1 aliphatic rings. The maximum Gasteiger partial charge on any atom is 0.335 e. The maximum atomic E-state index is 13.0. The Kier molecular flexibility index (Phi) is 6.03. The molecule has 1 saturated heterocycles. The number of amides is 4. The van der Waals surface area contributed by atoms with E-state index in [0.29, 0.717) is 22.7 Å². The van der Waals surface area contributed by atoms with Gasteiger partial charge >= 0.3 is 6.03 Å². The largest absolute Gasteiger partial charge is 0.497 e. The summed E-state index contributed by atoms with van der Waals surface area (Å²) in [4.78, 5) is 38.6. The smallest absolute Gasteiger partial charge is 0.335 e. The lowest BCUT2D eigenvalue weighted by molar-refractivity contribution is -0.122. The molecule has 2 aromatic rings. The van der Waals surface area contributed by atoms with E-state index in [1.165, 1.54) is 13.2 Å². The highest BCUT2D eigenvalue weighted by Crippen LogP contribution is 2.29. The molecule has 150 valence electrons. The van der Waals surface area contributed by atoms with E-state index >= 15 is 0 Å². The minimum atomic E-state index is -0.798. The number of hydrogen-bond acceptors (Lipinski definition) is 5. The van der Waals surface area contributed by atoms with Gasteiger partial charge in [0.15, 0.2) is 0 Å². The SMILES string of the molecule is COc1ccc(/C=C2\C(=O)NC(=O)N(c3ccc(Br)cc3)C2=O)c(OC(C)C)c1. The van der Waals surface area contributed by atoms with E-state index in [4.69, 9.17) is 9.47 Å². The van der Waals surface area contributed by atoms with E-state index in [0.717, 1.165) is 9.37 Å². The summed E-state index contributed by atoms with van der Waals surface area (Å²) in [5.74, 6) is -0.444. The van der Waals surface area contributed by atoms with Gasteiger partial charge in [-0.15, -0.1) is 0 Å². The fraction of sp³-hybridized carbons (Fsp3) is 0.190. The summed E-state index contributed by atoms with van der Waals surface area (Å²) in [6.07, 6.45) is 1.28. The van der Waals surface area contributed by atoms with E-state index in [9.17, 15) is 14.4 Å². The zero-order chi connectivity index (χ0) is 21.1. The van der Waals surface area contributed by atoms with Crippen LogP contribution in [0.5, 0.6) is 11.5 Å². The van der Waals surface area contributed by atoms with Gasteiger partial charge < -0.3 is 9.47 Å². The number of urea groups is 1. The first-order chi connectivity index (χ1) is 13.8. The minimum absolute atomic E-state index is 0.129. The summed E-state index contributed by atoms with van der Waals surface area (Å²) in [5.41, 5.74) is 0.692. The monoisotopic (exact) mass is 458 g/mol. The molecular weight excluding hydrogens is 440 g/mol. The van der Waals surface area contributed by atoms with Crippen molar-refractivity contribution in [2.45, 2.75) is 20.0 Å². The number of methoxy groups -OCH3 is 1. The third-order valence-corrected chi connectivity index (χ3v) is 4.60. The molecule has 0 saturated carbocycles. The van der Waals surface area contributed by atoms with Crippen LogP contribution < -0.4 is 19.7 Å². The molecule has 0 unspecified atom stereocenters. The van der Waals surface area contributed by atoms with E-state index < -0.39 is 17.8 Å². The van der Waals surface area contributed by atoms with Crippen LogP contribution in [0.2, 0.25) is 0 Å². The quantitative estimate of drug-likeness (QED) is 0.542. The van der Waals surface area contributed by atoms with Crippen molar-refractivity contribution in [2.24, 2.45) is 0 Å². The van der Waals surface area contributed by atoms with Gasteiger partial charge in [0.1, 0.15) is 17.1 Å². The third-order valence-electron chi connectivity index (χ3n) is 4.07. The molecule has 4 amide bonds. The lowest BCUT2D eigenvalue weighted by atomic mass is 10.1. The summed E-state index contributed by atoms with van der Waals surface area (Å²) in [6.45, 7) is 3.73. The summed E-state index contributed by atoms with van der Waals surface area (Å²) < 4.78 is 11.8. The fourth-order valence-corrected chi connectivity index (χ4v) is 3.02. The van der Waals surface area contributed by atoms with Crippen LogP contribution in [-0.2, 0) is 9.59 Å². The molecule has 0 aliphatic carbocycles. The lowest BCUT2D eigenvalue weighted by Gasteiger charge is -2.26. The summed E-state index contributed by atoms with van der Waals surface area (Å²) in [6, 6.07) is 10.9. The molecule has 29 heavy (non-hydrogen) atoms. The van der Waals surface area contributed by atoms with Crippen LogP contribution >= 0.6 is 15.9 Å². The van der Waals surface area contributed by atoms with Crippen molar-refractivity contribution in [2.75, 3.05) is 12.0 Å². The molecule has 0 aromatic heterocycles. The van der Waals surface area contributed by atoms with Crippen molar-refractivity contribution in [1.82, 2.24) is 5.32 Å². The average Bonchev–Trinajstić information content (AvgIpc) is 2.67. The van der Waals surface area contributed by atoms with Gasteiger partial charge in [0.05, 0.1) is 18.9 Å². The zero-order valence-corrected chi connectivity index (χ0v) is 17.6. The van der Waals surface area contributed by atoms with E-state index in [-0.39, 0.29) is 11.7 Å². The van der Waals surface area contributed by atoms with Gasteiger partial charge in [-0.2, -0.15) is 0 Å². The summed E-state index contributed by atoms with van der Waals surface area (Å²) >= 11 is 3.31. The Hall–Kier alpha value is -3.13. The molecule has 8 heteroatoms. The third kappa shape index (κ3) is 4.48. The normalized spacial score (nSPS) is 15.7. The molecule has 7 nitrogen and oxygen atoms in total. The standard InChI is InChI=1S/C21H19BrN2O5/c1-12(2)29-18-11-16(28-3)9-4-13(18)10-17-19(25)23-21(27)24(20(17)26)15-7-5-14(22)6-8-15/h4-12H,1-3H3,(H,23,25,27)/b17-10+. The first-order valence-corrected chi connectivity index (χ1v) is 9.61. The molecule has 2 aromatic carbocycles. The van der Waals surface area contributed by atoms with Crippen LogP contribution in [0.25, 0.3) is 6.08 Å². The first-order valence-electron chi connectivity index (χ1n) is 8.82. The molecule has 1 heterocycles. The highest BCUT2D eigenvalue weighted by atomic mass is 79.9. The van der Waals surface area contributed by atoms with Crippen molar-refractivity contribution < 1.29 is 23.9 Å². The van der Waals surface area contributed by atoms with Crippen molar-refractivity contribution in [3.8, 4) is 11.5 Å². The van der Waals surface area contributed by atoms with Crippen LogP contribution in [0.3, 0.4) is 0 Å². The Morgan fingerprint density at radius 2 is 1.76 bits per heavy atom. The molecule has 1 fully saturated rings. The number of nitrogens with one attached hydrogen (secondary N) is 1. The number of rotatable bonds is 5. The molecule has 0 bridgehead atoms. The summed E-state index contributed by atoms with van der Waals surface area (Å²) in [5, 5.41) is 2.21. The van der Waals surface area contributed by atoms with Crippen molar-refractivity contribution in [1.29, 1.82) is 0 Å². The number of benzene rings is 2.